The first kappa shape index (κ1) is 21.0. The Hall–Kier alpha value is -1.74. The van der Waals surface area contributed by atoms with Crippen LogP contribution in [0.3, 0.4) is 0 Å². The molecular formula is C20H30N4O3S. The van der Waals surface area contributed by atoms with Crippen LogP contribution >= 0.6 is 0 Å². The summed E-state index contributed by atoms with van der Waals surface area (Å²) in [5.41, 5.74) is 0.546. The van der Waals surface area contributed by atoms with Crippen LogP contribution in [-0.4, -0.2) is 68.8 Å². The Labute approximate surface area is 167 Å². The Kier molecular flexibility index (Phi) is 6.87. The minimum atomic E-state index is -3.52. The van der Waals surface area contributed by atoms with Crippen molar-refractivity contribution in [3.8, 4) is 0 Å². The van der Waals surface area contributed by atoms with Gasteiger partial charge in [-0.05, 0) is 69.1 Å². The van der Waals surface area contributed by atoms with E-state index in [2.05, 4.69) is 29.0 Å². The van der Waals surface area contributed by atoms with E-state index in [0.717, 1.165) is 26.2 Å². The van der Waals surface area contributed by atoms with Gasteiger partial charge in [0.15, 0.2) is 0 Å². The SMILES string of the molecule is C=CC(=O)Nc1ccc(S(=O)(=O)N2CCN(C(C)C3CCNCC3)CC2)cc1. The van der Waals surface area contributed by atoms with Crippen molar-refractivity contribution in [3.05, 3.63) is 36.9 Å². The normalized spacial score (nSPS) is 21.2. The molecule has 28 heavy (non-hydrogen) atoms. The molecule has 2 aliphatic heterocycles. The van der Waals surface area contributed by atoms with Crippen LogP contribution in [0.5, 0.6) is 0 Å². The fraction of sp³-hybridized carbons (Fsp3) is 0.550. The zero-order valence-electron chi connectivity index (χ0n) is 16.4. The van der Waals surface area contributed by atoms with Gasteiger partial charge in [0.25, 0.3) is 0 Å². The van der Waals surface area contributed by atoms with Gasteiger partial charge < -0.3 is 10.6 Å². The molecule has 2 saturated heterocycles. The average molecular weight is 407 g/mol. The molecule has 0 bridgehead atoms. The van der Waals surface area contributed by atoms with Gasteiger partial charge in [-0.25, -0.2) is 8.42 Å². The molecule has 3 rings (SSSR count). The highest BCUT2D eigenvalue weighted by Crippen LogP contribution is 2.24. The quantitative estimate of drug-likeness (QED) is 0.700. The van der Waals surface area contributed by atoms with Crippen molar-refractivity contribution in [2.45, 2.75) is 30.7 Å². The Balaban J connectivity index is 1.59. The molecule has 2 heterocycles. The number of carbonyl (C=O) groups excluding carboxylic acids is 1. The lowest BCUT2D eigenvalue weighted by Gasteiger charge is -2.41. The molecule has 8 heteroatoms. The van der Waals surface area contributed by atoms with Gasteiger partial charge in [-0.3, -0.25) is 9.69 Å². The van der Waals surface area contributed by atoms with Gasteiger partial charge in [-0.2, -0.15) is 4.31 Å². The Morgan fingerprint density at radius 1 is 1.18 bits per heavy atom. The molecule has 2 fully saturated rings. The van der Waals surface area contributed by atoms with Crippen molar-refractivity contribution in [2.24, 2.45) is 5.92 Å². The molecule has 1 atom stereocenters. The first-order valence-electron chi connectivity index (χ1n) is 9.90. The van der Waals surface area contributed by atoms with Gasteiger partial charge >= 0.3 is 0 Å². The summed E-state index contributed by atoms with van der Waals surface area (Å²) in [6, 6.07) is 6.77. The number of sulfonamides is 1. The number of nitrogens with one attached hydrogen (secondary N) is 2. The van der Waals surface area contributed by atoms with E-state index in [-0.39, 0.29) is 10.8 Å². The van der Waals surface area contributed by atoms with Crippen molar-refractivity contribution < 1.29 is 13.2 Å². The topological polar surface area (TPSA) is 81.8 Å². The molecule has 154 valence electrons. The minimum Gasteiger partial charge on any atom is -0.323 e. The number of rotatable bonds is 6. The zero-order valence-corrected chi connectivity index (χ0v) is 17.2. The number of anilines is 1. The van der Waals surface area contributed by atoms with Crippen molar-refractivity contribution >= 4 is 21.6 Å². The number of amides is 1. The van der Waals surface area contributed by atoms with E-state index >= 15 is 0 Å². The number of piperazine rings is 1. The molecule has 1 aromatic carbocycles. The molecule has 0 saturated carbocycles. The van der Waals surface area contributed by atoms with Crippen molar-refractivity contribution in [2.75, 3.05) is 44.6 Å². The summed E-state index contributed by atoms with van der Waals surface area (Å²) >= 11 is 0. The highest BCUT2D eigenvalue weighted by atomic mass is 32.2. The van der Waals surface area contributed by atoms with Crippen LogP contribution in [0.1, 0.15) is 19.8 Å². The van der Waals surface area contributed by atoms with Gasteiger partial charge in [0, 0.05) is 37.9 Å². The van der Waals surface area contributed by atoms with Gasteiger partial charge in [0.2, 0.25) is 15.9 Å². The fourth-order valence-corrected chi connectivity index (χ4v) is 5.45. The predicted octanol–water partition coefficient (Wildman–Crippen LogP) is 1.51. The van der Waals surface area contributed by atoms with Gasteiger partial charge in [-0.15, -0.1) is 0 Å². The smallest absolute Gasteiger partial charge is 0.247 e. The van der Waals surface area contributed by atoms with E-state index in [0.29, 0.717) is 30.7 Å². The number of carbonyl (C=O) groups is 1. The van der Waals surface area contributed by atoms with E-state index in [1.165, 1.54) is 31.1 Å². The summed E-state index contributed by atoms with van der Waals surface area (Å²) in [5, 5.41) is 6.02. The van der Waals surface area contributed by atoms with Crippen LogP contribution in [0.15, 0.2) is 41.8 Å². The minimum absolute atomic E-state index is 0.254. The lowest BCUT2D eigenvalue weighted by atomic mass is 9.90. The molecule has 1 unspecified atom stereocenters. The molecular weight excluding hydrogens is 376 g/mol. The molecule has 2 aliphatic rings. The van der Waals surface area contributed by atoms with Crippen molar-refractivity contribution in [3.63, 3.8) is 0 Å². The first-order chi connectivity index (χ1) is 13.4. The van der Waals surface area contributed by atoms with Crippen LogP contribution in [0.2, 0.25) is 0 Å². The molecule has 0 aliphatic carbocycles. The van der Waals surface area contributed by atoms with Crippen molar-refractivity contribution in [1.29, 1.82) is 0 Å². The third-order valence-electron chi connectivity index (χ3n) is 5.86. The number of hydrogen-bond donors (Lipinski definition) is 2. The van der Waals surface area contributed by atoms with Crippen LogP contribution in [-0.2, 0) is 14.8 Å². The number of piperidine rings is 1. The maximum atomic E-state index is 13.0. The van der Waals surface area contributed by atoms with Crippen molar-refractivity contribution in [1.82, 2.24) is 14.5 Å². The monoisotopic (exact) mass is 406 g/mol. The second-order valence-corrected chi connectivity index (χ2v) is 9.42. The summed E-state index contributed by atoms with van der Waals surface area (Å²) in [5.74, 6) is 0.359. The van der Waals surface area contributed by atoms with E-state index in [1.807, 2.05) is 0 Å². The van der Waals surface area contributed by atoms with Crippen LogP contribution < -0.4 is 10.6 Å². The van der Waals surface area contributed by atoms with Crippen LogP contribution in [0.4, 0.5) is 5.69 Å². The number of benzene rings is 1. The molecule has 1 aromatic rings. The fourth-order valence-electron chi connectivity index (χ4n) is 4.03. The number of hydrogen-bond acceptors (Lipinski definition) is 5. The van der Waals surface area contributed by atoms with E-state index in [9.17, 15) is 13.2 Å². The van der Waals surface area contributed by atoms with E-state index < -0.39 is 10.0 Å². The van der Waals surface area contributed by atoms with Gasteiger partial charge in [0.1, 0.15) is 0 Å². The second kappa shape index (κ2) is 9.17. The summed E-state index contributed by atoms with van der Waals surface area (Å²) < 4.78 is 27.5. The average Bonchev–Trinajstić information content (AvgIpc) is 2.74. The summed E-state index contributed by atoms with van der Waals surface area (Å²) in [4.78, 5) is 14.0. The highest BCUT2D eigenvalue weighted by molar-refractivity contribution is 7.89. The van der Waals surface area contributed by atoms with Gasteiger partial charge in [-0.1, -0.05) is 6.58 Å². The number of nitrogens with zero attached hydrogens (tertiary/aromatic N) is 2. The molecule has 2 N–H and O–H groups in total. The zero-order chi connectivity index (χ0) is 20.1. The third kappa shape index (κ3) is 4.81. The molecule has 0 radical (unpaired) electrons. The summed E-state index contributed by atoms with van der Waals surface area (Å²) in [6.45, 7) is 10.4. The van der Waals surface area contributed by atoms with E-state index in [4.69, 9.17) is 0 Å². The second-order valence-electron chi connectivity index (χ2n) is 7.49. The lowest BCUT2D eigenvalue weighted by molar-refractivity contribution is -0.111. The standard InChI is InChI=1S/C20H30N4O3S/c1-3-20(25)22-18-4-6-19(7-5-18)28(26,27)24-14-12-23(13-15-24)16(2)17-8-10-21-11-9-17/h3-7,16-17,21H,1,8-15H2,2H3,(H,22,25). The van der Waals surface area contributed by atoms with Crippen LogP contribution in [0, 0.1) is 5.92 Å². The summed E-state index contributed by atoms with van der Waals surface area (Å²) in [6.07, 6.45) is 3.55. The maximum absolute atomic E-state index is 13.0. The molecule has 1 amide bonds. The van der Waals surface area contributed by atoms with Crippen LogP contribution in [0.25, 0.3) is 0 Å². The third-order valence-corrected chi connectivity index (χ3v) is 7.77. The summed E-state index contributed by atoms with van der Waals surface area (Å²) in [7, 11) is -3.52. The predicted molar refractivity (Wildman–Crippen MR) is 111 cm³/mol. The molecule has 0 aromatic heterocycles. The molecule has 7 nitrogen and oxygen atoms in total. The maximum Gasteiger partial charge on any atom is 0.247 e. The van der Waals surface area contributed by atoms with E-state index in [1.54, 1.807) is 16.4 Å². The van der Waals surface area contributed by atoms with Gasteiger partial charge in [0.05, 0.1) is 4.90 Å². The lowest BCUT2D eigenvalue weighted by Crippen LogP contribution is -2.53. The Morgan fingerprint density at radius 3 is 2.36 bits per heavy atom. The molecule has 0 spiro atoms. The highest BCUT2D eigenvalue weighted by Gasteiger charge is 2.32. The first-order valence-corrected chi connectivity index (χ1v) is 11.3. The Morgan fingerprint density at radius 2 is 1.79 bits per heavy atom. The Bertz CT molecular complexity index is 780. The largest absolute Gasteiger partial charge is 0.323 e.